The molecule has 2 aromatic rings. The van der Waals surface area contributed by atoms with Crippen LogP contribution in [0.2, 0.25) is 0 Å². The summed E-state index contributed by atoms with van der Waals surface area (Å²) in [7, 11) is -3.47. The second-order valence-electron chi connectivity index (χ2n) is 5.09. The summed E-state index contributed by atoms with van der Waals surface area (Å²) in [6.45, 7) is 5.23. The summed E-state index contributed by atoms with van der Waals surface area (Å²) in [5.74, 6) is -0.499. The minimum Gasteiger partial charge on any atom is -0.283 e. The Balaban J connectivity index is 2.34. The van der Waals surface area contributed by atoms with Gasteiger partial charge in [-0.1, -0.05) is 36.4 Å². The highest BCUT2D eigenvalue weighted by atomic mass is 32.2. The van der Waals surface area contributed by atoms with Crippen LogP contribution in [0.4, 0.5) is 5.13 Å². The SMILES string of the molecule is C=CCN(C(=O)C(C)S(C)(=O)=O)c1nc(-c2ccccc2)cs1. The number of nitrogens with zero attached hydrogens (tertiary/aromatic N) is 2. The third-order valence-electron chi connectivity index (χ3n) is 3.36. The van der Waals surface area contributed by atoms with E-state index in [1.165, 1.54) is 23.2 Å². The van der Waals surface area contributed by atoms with Gasteiger partial charge >= 0.3 is 0 Å². The molecule has 2 rings (SSSR count). The Bertz CT molecular complexity index is 798. The predicted molar refractivity (Wildman–Crippen MR) is 94.4 cm³/mol. The first-order chi connectivity index (χ1) is 10.8. The number of thiazole rings is 1. The maximum atomic E-state index is 12.5. The summed E-state index contributed by atoms with van der Waals surface area (Å²) in [5, 5.41) is 1.19. The van der Waals surface area contributed by atoms with Gasteiger partial charge in [-0.25, -0.2) is 13.4 Å². The highest BCUT2D eigenvalue weighted by Gasteiger charge is 2.30. The zero-order valence-corrected chi connectivity index (χ0v) is 14.6. The van der Waals surface area contributed by atoms with Gasteiger partial charge < -0.3 is 0 Å². The molecular weight excluding hydrogens is 332 g/mol. The van der Waals surface area contributed by atoms with Gasteiger partial charge in [0.15, 0.2) is 15.0 Å². The fourth-order valence-electron chi connectivity index (χ4n) is 1.92. The van der Waals surface area contributed by atoms with Crippen LogP contribution in [0.15, 0.2) is 48.4 Å². The van der Waals surface area contributed by atoms with Crippen molar-refractivity contribution in [1.29, 1.82) is 0 Å². The van der Waals surface area contributed by atoms with Crippen LogP contribution < -0.4 is 4.90 Å². The lowest BCUT2D eigenvalue weighted by atomic mass is 10.2. The topological polar surface area (TPSA) is 67.3 Å². The Morgan fingerprint density at radius 1 is 1.39 bits per heavy atom. The minimum absolute atomic E-state index is 0.209. The van der Waals surface area contributed by atoms with Gasteiger partial charge in [0.25, 0.3) is 0 Å². The van der Waals surface area contributed by atoms with E-state index in [2.05, 4.69) is 11.6 Å². The normalized spacial score (nSPS) is 12.6. The Morgan fingerprint density at radius 2 is 2.04 bits per heavy atom. The molecule has 122 valence electrons. The van der Waals surface area contributed by atoms with Crippen molar-refractivity contribution in [3.8, 4) is 11.3 Å². The summed E-state index contributed by atoms with van der Waals surface area (Å²) < 4.78 is 23.3. The average Bonchev–Trinajstić information content (AvgIpc) is 3.01. The fourth-order valence-corrected chi connectivity index (χ4v) is 3.27. The van der Waals surface area contributed by atoms with Crippen molar-refractivity contribution in [2.75, 3.05) is 17.7 Å². The van der Waals surface area contributed by atoms with E-state index in [1.807, 2.05) is 35.7 Å². The van der Waals surface area contributed by atoms with Gasteiger partial charge in [-0.2, -0.15) is 0 Å². The van der Waals surface area contributed by atoms with Crippen LogP contribution in [0.5, 0.6) is 0 Å². The lowest BCUT2D eigenvalue weighted by Gasteiger charge is -2.21. The van der Waals surface area contributed by atoms with E-state index < -0.39 is 21.0 Å². The minimum atomic E-state index is -3.47. The molecule has 1 amide bonds. The van der Waals surface area contributed by atoms with Crippen molar-refractivity contribution in [2.45, 2.75) is 12.2 Å². The standard InChI is InChI=1S/C16H18N2O3S2/c1-4-10-18(15(19)12(2)23(3,20)21)16-17-14(11-22-16)13-8-6-5-7-9-13/h4-9,11-12H,1,10H2,2-3H3. The molecule has 0 radical (unpaired) electrons. The van der Waals surface area contributed by atoms with Gasteiger partial charge in [-0.3, -0.25) is 9.69 Å². The third-order valence-corrected chi connectivity index (χ3v) is 5.71. The van der Waals surface area contributed by atoms with Gasteiger partial charge in [-0.05, 0) is 6.92 Å². The molecule has 0 spiro atoms. The zero-order chi connectivity index (χ0) is 17.0. The molecule has 0 saturated carbocycles. The Kier molecular flexibility index (Phi) is 5.33. The van der Waals surface area contributed by atoms with E-state index in [0.29, 0.717) is 5.13 Å². The lowest BCUT2D eigenvalue weighted by molar-refractivity contribution is -0.117. The lowest BCUT2D eigenvalue weighted by Crippen LogP contribution is -2.41. The first-order valence-electron chi connectivity index (χ1n) is 6.96. The highest BCUT2D eigenvalue weighted by Crippen LogP contribution is 2.28. The van der Waals surface area contributed by atoms with Crippen LogP contribution in [0, 0.1) is 0 Å². The van der Waals surface area contributed by atoms with E-state index in [4.69, 9.17) is 0 Å². The quantitative estimate of drug-likeness (QED) is 0.751. The molecule has 1 heterocycles. The second kappa shape index (κ2) is 7.06. The smallest absolute Gasteiger partial charge is 0.247 e. The van der Waals surface area contributed by atoms with Crippen molar-refractivity contribution in [3.63, 3.8) is 0 Å². The van der Waals surface area contributed by atoms with Crippen molar-refractivity contribution in [3.05, 3.63) is 48.4 Å². The molecule has 1 atom stereocenters. The van der Waals surface area contributed by atoms with Gasteiger partial charge in [0.05, 0.1) is 5.69 Å². The van der Waals surface area contributed by atoms with Crippen molar-refractivity contribution < 1.29 is 13.2 Å². The van der Waals surface area contributed by atoms with Crippen LogP contribution in [0.1, 0.15) is 6.92 Å². The average molecular weight is 350 g/mol. The third kappa shape index (κ3) is 4.05. The maximum absolute atomic E-state index is 12.5. The summed E-state index contributed by atoms with van der Waals surface area (Å²) in [5.41, 5.74) is 1.69. The van der Waals surface area contributed by atoms with E-state index >= 15 is 0 Å². The first-order valence-corrected chi connectivity index (χ1v) is 9.80. The number of carbonyl (C=O) groups excluding carboxylic acids is 1. The number of sulfone groups is 1. The molecule has 7 heteroatoms. The van der Waals surface area contributed by atoms with E-state index in [1.54, 1.807) is 6.08 Å². The maximum Gasteiger partial charge on any atom is 0.247 e. The van der Waals surface area contributed by atoms with Gasteiger partial charge in [0.2, 0.25) is 5.91 Å². The predicted octanol–water partition coefficient (Wildman–Crippen LogP) is 2.76. The monoisotopic (exact) mass is 350 g/mol. The number of hydrogen-bond acceptors (Lipinski definition) is 5. The van der Waals surface area contributed by atoms with Crippen LogP contribution >= 0.6 is 11.3 Å². The number of rotatable bonds is 6. The molecule has 23 heavy (non-hydrogen) atoms. The molecule has 0 fully saturated rings. The molecule has 0 bridgehead atoms. The molecule has 1 aromatic heterocycles. The number of hydrogen-bond donors (Lipinski definition) is 0. The van der Waals surface area contributed by atoms with Crippen LogP contribution in [-0.4, -0.2) is 37.4 Å². The van der Waals surface area contributed by atoms with Crippen molar-refractivity contribution >= 4 is 32.2 Å². The van der Waals surface area contributed by atoms with Crippen LogP contribution in [0.3, 0.4) is 0 Å². The Morgan fingerprint density at radius 3 is 2.61 bits per heavy atom. The molecule has 0 aliphatic carbocycles. The summed E-state index contributed by atoms with van der Waals surface area (Å²) in [6.07, 6.45) is 2.61. The molecule has 0 aliphatic heterocycles. The van der Waals surface area contributed by atoms with E-state index in [0.717, 1.165) is 17.5 Å². The van der Waals surface area contributed by atoms with Gasteiger partial charge in [-0.15, -0.1) is 17.9 Å². The first kappa shape index (κ1) is 17.4. The number of aromatic nitrogens is 1. The van der Waals surface area contributed by atoms with Crippen molar-refractivity contribution in [2.24, 2.45) is 0 Å². The van der Waals surface area contributed by atoms with Crippen LogP contribution in [-0.2, 0) is 14.6 Å². The molecule has 0 aliphatic rings. The van der Waals surface area contributed by atoms with Crippen LogP contribution in [0.25, 0.3) is 11.3 Å². The van der Waals surface area contributed by atoms with E-state index in [9.17, 15) is 13.2 Å². The summed E-state index contributed by atoms with van der Waals surface area (Å²) in [4.78, 5) is 18.3. The van der Waals surface area contributed by atoms with Crippen molar-refractivity contribution in [1.82, 2.24) is 4.98 Å². The highest BCUT2D eigenvalue weighted by molar-refractivity contribution is 7.92. The number of benzene rings is 1. The molecule has 1 aromatic carbocycles. The molecule has 5 nitrogen and oxygen atoms in total. The number of amides is 1. The largest absolute Gasteiger partial charge is 0.283 e. The summed E-state index contributed by atoms with van der Waals surface area (Å²) in [6, 6.07) is 9.59. The van der Waals surface area contributed by atoms with Gasteiger partial charge in [0.1, 0.15) is 5.25 Å². The molecule has 0 saturated heterocycles. The molecular formula is C16H18N2O3S2. The fraction of sp³-hybridized carbons (Fsp3) is 0.250. The Hall–Kier alpha value is -1.99. The number of carbonyl (C=O) groups is 1. The second-order valence-corrected chi connectivity index (χ2v) is 8.29. The molecule has 0 N–H and O–H groups in total. The summed E-state index contributed by atoms with van der Waals surface area (Å²) >= 11 is 1.30. The number of anilines is 1. The zero-order valence-electron chi connectivity index (χ0n) is 13.0. The van der Waals surface area contributed by atoms with Gasteiger partial charge in [0, 0.05) is 23.7 Å². The molecule has 1 unspecified atom stereocenters. The van der Waals surface area contributed by atoms with E-state index in [-0.39, 0.29) is 6.54 Å². The Labute approximate surface area is 140 Å².